The van der Waals surface area contributed by atoms with E-state index < -0.39 is 5.97 Å². The van der Waals surface area contributed by atoms with Crippen LogP contribution in [0.3, 0.4) is 0 Å². The quantitative estimate of drug-likeness (QED) is 0.730. The van der Waals surface area contributed by atoms with Crippen molar-refractivity contribution in [1.82, 2.24) is 5.32 Å². The van der Waals surface area contributed by atoms with E-state index in [0.29, 0.717) is 12.2 Å². The summed E-state index contributed by atoms with van der Waals surface area (Å²) in [5, 5.41) is 11.3. The number of hydrogen-bond acceptors (Lipinski definition) is 4. The summed E-state index contributed by atoms with van der Waals surface area (Å²) in [5.41, 5.74) is 1.17. The standard InChI is InChI=1S/C12H15NO4/c1-2-17-11(15)7-13-12(16)10-5-3-9(8-14)4-6-10/h3-6,14H,2,7-8H2,1H3,(H,13,16). The zero-order valence-corrected chi connectivity index (χ0v) is 9.60. The minimum Gasteiger partial charge on any atom is -0.465 e. The summed E-state index contributed by atoms with van der Waals surface area (Å²) in [6.45, 7) is 1.78. The third-order valence-electron chi connectivity index (χ3n) is 2.10. The fraction of sp³-hybridized carbons (Fsp3) is 0.333. The van der Waals surface area contributed by atoms with Crippen molar-refractivity contribution in [2.24, 2.45) is 0 Å². The number of benzene rings is 1. The van der Waals surface area contributed by atoms with Gasteiger partial charge in [0, 0.05) is 5.56 Å². The van der Waals surface area contributed by atoms with Gasteiger partial charge in [-0.1, -0.05) is 12.1 Å². The Morgan fingerprint density at radius 2 is 1.94 bits per heavy atom. The van der Waals surface area contributed by atoms with Crippen molar-refractivity contribution in [2.45, 2.75) is 13.5 Å². The fourth-order valence-corrected chi connectivity index (χ4v) is 1.23. The predicted octanol–water partition coefficient (Wildman–Crippen LogP) is 0.472. The summed E-state index contributed by atoms with van der Waals surface area (Å²) >= 11 is 0. The average Bonchev–Trinajstić information content (AvgIpc) is 2.36. The van der Waals surface area contributed by atoms with Gasteiger partial charge in [0.1, 0.15) is 6.54 Å². The number of rotatable bonds is 5. The molecule has 0 saturated heterocycles. The molecule has 0 radical (unpaired) electrons. The maximum absolute atomic E-state index is 11.6. The smallest absolute Gasteiger partial charge is 0.325 e. The molecule has 0 aliphatic rings. The molecule has 0 atom stereocenters. The van der Waals surface area contributed by atoms with Crippen LogP contribution in [-0.2, 0) is 16.1 Å². The highest BCUT2D eigenvalue weighted by atomic mass is 16.5. The number of amides is 1. The Morgan fingerprint density at radius 3 is 2.47 bits per heavy atom. The Labute approximate surface area is 99.4 Å². The summed E-state index contributed by atoms with van der Waals surface area (Å²) < 4.78 is 4.68. The van der Waals surface area contributed by atoms with Gasteiger partial charge in [-0.2, -0.15) is 0 Å². The lowest BCUT2D eigenvalue weighted by molar-refractivity contribution is -0.141. The molecule has 0 bridgehead atoms. The van der Waals surface area contributed by atoms with Gasteiger partial charge >= 0.3 is 5.97 Å². The predicted molar refractivity (Wildman–Crippen MR) is 61.3 cm³/mol. The Morgan fingerprint density at radius 1 is 1.29 bits per heavy atom. The van der Waals surface area contributed by atoms with Gasteiger partial charge in [-0.15, -0.1) is 0 Å². The van der Waals surface area contributed by atoms with Crippen molar-refractivity contribution in [3.8, 4) is 0 Å². The molecule has 1 aromatic rings. The molecule has 1 amide bonds. The Bertz CT molecular complexity index is 386. The second kappa shape index (κ2) is 6.65. The van der Waals surface area contributed by atoms with E-state index in [4.69, 9.17) is 5.11 Å². The van der Waals surface area contributed by atoms with Gasteiger partial charge in [-0.25, -0.2) is 0 Å². The van der Waals surface area contributed by atoms with Crippen LogP contribution in [0.5, 0.6) is 0 Å². The number of esters is 1. The summed E-state index contributed by atoms with van der Waals surface area (Å²) in [6, 6.07) is 6.48. The van der Waals surface area contributed by atoms with Gasteiger partial charge in [0.2, 0.25) is 0 Å². The molecule has 2 N–H and O–H groups in total. The van der Waals surface area contributed by atoms with Crippen LogP contribution in [0.1, 0.15) is 22.8 Å². The lowest BCUT2D eigenvalue weighted by atomic mass is 10.1. The van der Waals surface area contributed by atoms with Crippen molar-refractivity contribution >= 4 is 11.9 Å². The average molecular weight is 237 g/mol. The summed E-state index contributed by atoms with van der Waals surface area (Å²) in [6.07, 6.45) is 0. The van der Waals surface area contributed by atoms with E-state index in [0.717, 1.165) is 5.56 Å². The Hall–Kier alpha value is -1.88. The Balaban J connectivity index is 2.49. The summed E-state index contributed by atoms with van der Waals surface area (Å²) in [7, 11) is 0. The highest BCUT2D eigenvalue weighted by Crippen LogP contribution is 2.03. The first kappa shape index (κ1) is 13.2. The van der Waals surface area contributed by atoms with Gasteiger partial charge in [-0.05, 0) is 24.6 Å². The lowest BCUT2D eigenvalue weighted by Crippen LogP contribution is -2.30. The third kappa shape index (κ3) is 4.24. The minimum absolute atomic E-state index is 0.0648. The first-order chi connectivity index (χ1) is 8.17. The van der Waals surface area contributed by atoms with Crippen molar-refractivity contribution in [1.29, 1.82) is 0 Å². The number of hydrogen-bond donors (Lipinski definition) is 2. The molecule has 0 spiro atoms. The molecule has 1 aromatic carbocycles. The summed E-state index contributed by atoms with van der Waals surface area (Å²) in [5.74, 6) is -0.810. The molecule has 5 heteroatoms. The van der Waals surface area contributed by atoms with E-state index >= 15 is 0 Å². The molecule has 0 saturated carbocycles. The van der Waals surface area contributed by atoms with Crippen LogP contribution in [0.25, 0.3) is 0 Å². The zero-order chi connectivity index (χ0) is 12.7. The number of ether oxygens (including phenoxy) is 1. The SMILES string of the molecule is CCOC(=O)CNC(=O)c1ccc(CO)cc1. The second-order valence-electron chi connectivity index (χ2n) is 3.34. The van der Waals surface area contributed by atoms with Crippen molar-refractivity contribution in [2.75, 3.05) is 13.2 Å². The van der Waals surface area contributed by atoms with E-state index in [1.165, 1.54) is 0 Å². The number of nitrogens with one attached hydrogen (secondary N) is 1. The van der Waals surface area contributed by atoms with E-state index in [2.05, 4.69) is 10.1 Å². The molecule has 0 aliphatic carbocycles. The fourth-order valence-electron chi connectivity index (χ4n) is 1.23. The molecular weight excluding hydrogens is 222 g/mol. The van der Waals surface area contributed by atoms with Crippen molar-refractivity contribution in [3.63, 3.8) is 0 Å². The van der Waals surface area contributed by atoms with Crippen molar-refractivity contribution < 1.29 is 19.4 Å². The molecule has 0 fully saturated rings. The molecule has 0 aromatic heterocycles. The van der Waals surface area contributed by atoms with Crippen LogP contribution in [0.15, 0.2) is 24.3 Å². The first-order valence-corrected chi connectivity index (χ1v) is 5.31. The van der Waals surface area contributed by atoms with Crippen molar-refractivity contribution in [3.05, 3.63) is 35.4 Å². The van der Waals surface area contributed by atoms with Gasteiger partial charge in [-0.3, -0.25) is 9.59 Å². The maximum atomic E-state index is 11.6. The van der Waals surface area contributed by atoms with Crippen LogP contribution < -0.4 is 5.32 Å². The van der Waals surface area contributed by atoms with E-state index in [9.17, 15) is 9.59 Å². The van der Waals surface area contributed by atoms with E-state index in [1.54, 1.807) is 31.2 Å². The highest BCUT2D eigenvalue weighted by Gasteiger charge is 2.07. The van der Waals surface area contributed by atoms with Gasteiger partial charge < -0.3 is 15.2 Å². The van der Waals surface area contributed by atoms with Crippen LogP contribution in [0, 0.1) is 0 Å². The number of aliphatic hydroxyl groups is 1. The second-order valence-corrected chi connectivity index (χ2v) is 3.34. The zero-order valence-electron chi connectivity index (χ0n) is 9.60. The minimum atomic E-state index is -0.465. The molecule has 17 heavy (non-hydrogen) atoms. The Kier molecular flexibility index (Phi) is 5.16. The van der Waals surface area contributed by atoms with Gasteiger partial charge in [0.05, 0.1) is 13.2 Å². The van der Waals surface area contributed by atoms with Crippen LogP contribution in [0.4, 0.5) is 0 Å². The number of carbonyl (C=O) groups is 2. The largest absolute Gasteiger partial charge is 0.465 e. The third-order valence-corrected chi connectivity index (χ3v) is 2.10. The molecule has 0 aliphatic heterocycles. The van der Waals surface area contributed by atoms with Gasteiger partial charge in [0.15, 0.2) is 0 Å². The molecule has 0 unspecified atom stereocenters. The summed E-state index contributed by atoms with van der Waals surface area (Å²) in [4.78, 5) is 22.6. The normalized spacial score (nSPS) is 9.76. The molecule has 92 valence electrons. The molecular formula is C12H15NO4. The van der Waals surface area contributed by atoms with Crippen LogP contribution in [0.2, 0.25) is 0 Å². The topological polar surface area (TPSA) is 75.6 Å². The first-order valence-electron chi connectivity index (χ1n) is 5.31. The molecule has 1 rings (SSSR count). The van der Waals surface area contributed by atoms with Crippen LogP contribution >= 0.6 is 0 Å². The molecule has 0 heterocycles. The molecule has 5 nitrogen and oxygen atoms in total. The van der Waals surface area contributed by atoms with E-state index in [-0.39, 0.29) is 19.1 Å². The maximum Gasteiger partial charge on any atom is 0.325 e. The number of carbonyl (C=O) groups excluding carboxylic acids is 2. The van der Waals surface area contributed by atoms with Gasteiger partial charge in [0.25, 0.3) is 5.91 Å². The van der Waals surface area contributed by atoms with E-state index in [1.807, 2.05) is 0 Å². The van der Waals surface area contributed by atoms with Crippen LogP contribution in [-0.4, -0.2) is 30.1 Å². The highest BCUT2D eigenvalue weighted by molar-refractivity contribution is 5.95. The lowest BCUT2D eigenvalue weighted by Gasteiger charge is -2.05. The number of aliphatic hydroxyl groups excluding tert-OH is 1. The monoisotopic (exact) mass is 237 g/mol.